The van der Waals surface area contributed by atoms with Gasteiger partial charge in [-0.25, -0.2) is 9.97 Å². The lowest BCUT2D eigenvalue weighted by Gasteiger charge is -2.32. The molecular weight excluding hydrogens is 286 g/mol. The zero-order chi connectivity index (χ0) is 15.5. The standard InChI is InChI=1S/C18H23N5/c1-2-9-19-15(4-1)12-23-10-7-14(8-11-23)22-18-16-5-3-6-17(16)20-13-21-18/h1-2,4,9,13-14H,3,5-8,10-12H2,(H,20,21,22). The summed E-state index contributed by atoms with van der Waals surface area (Å²) in [4.78, 5) is 15.8. The van der Waals surface area contributed by atoms with Crippen molar-refractivity contribution in [2.24, 2.45) is 0 Å². The third-order valence-corrected chi connectivity index (χ3v) is 4.92. The van der Waals surface area contributed by atoms with Crippen molar-refractivity contribution in [3.8, 4) is 0 Å². The smallest absolute Gasteiger partial charge is 0.133 e. The van der Waals surface area contributed by atoms with E-state index in [0.717, 1.165) is 56.8 Å². The van der Waals surface area contributed by atoms with E-state index in [-0.39, 0.29) is 0 Å². The number of hydrogen-bond acceptors (Lipinski definition) is 5. The van der Waals surface area contributed by atoms with Crippen molar-refractivity contribution >= 4 is 5.82 Å². The van der Waals surface area contributed by atoms with Crippen LogP contribution >= 0.6 is 0 Å². The van der Waals surface area contributed by atoms with Gasteiger partial charge in [0.15, 0.2) is 0 Å². The first kappa shape index (κ1) is 14.6. The fourth-order valence-electron chi connectivity index (χ4n) is 3.63. The van der Waals surface area contributed by atoms with Gasteiger partial charge in [0.2, 0.25) is 0 Å². The predicted molar refractivity (Wildman–Crippen MR) is 90.2 cm³/mol. The van der Waals surface area contributed by atoms with Gasteiger partial charge in [0.1, 0.15) is 12.1 Å². The molecule has 1 N–H and O–H groups in total. The van der Waals surface area contributed by atoms with E-state index in [0.29, 0.717) is 6.04 Å². The number of nitrogens with one attached hydrogen (secondary N) is 1. The van der Waals surface area contributed by atoms with E-state index in [2.05, 4.69) is 37.3 Å². The number of piperidine rings is 1. The van der Waals surface area contributed by atoms with Crippen LogP contribution in [0, 0.1) is 0 Å². The number of aryl methyl sites for hydroxylation is 1. The number of rotatable bonds is 4. The van der Waals surface area contributed by atoms with Crippen molar-refractivity contribution in [2.45, 2.75) is 44.7 Å². The van der Waals surface area contributed by atoms with Gasteiger partial charge in [-0.15, -0.1) is 0 Å². The van der Waals surface area contributed by atoms with Crippen molar-refractivity contribution in [3.63, 3.8) is 0 Å². The van der Waals surface area contributed by atoms with Crippen molar-refractivity contribution in [1.29, 1.82) is 0 Å². The first-order valence-electron chi connectivity index (χ1n) is 8.60. The lowest BCUT2D eigenvalue weighted by molar-refractivity contribution is 0.209. The van der Waals surface area contributed by atoms with E-state index in [1.165, 1.54) is 17.7 Å². The zero-order valence-corrected chi connectivity index (χ0v) is 13.4. The molecule has 0 atom stereocenters. The van der Waals surface area contributed by atoms with Crippen LogP contribution in [0.25, 0.3) is 0 Å². The molecule has 5 heteroatoms. The molecule has 0 saturated carbocycles. The maximum Gasteiger partial charge on any atom is 0.133 e. The highest BCUT2D eigenvalue weighted by Crippen LogP contribution is 2.27. The van der Waals surface area contributed by atoms with Gasteiger partial charge in [-0.2, -0.15) is 0 Å². The normalized spacial score (nSPS) is 18.8. The van der Waals surface area contributed by atoms with Crippen LogP contribution in [0.1, 0.15) is 36.2 Å². The number of aromatic nitrogens is 3. The molecule has 0 amide bonds. The molecule has 2 aliphatic rings. The molecule has 2 aromatic heterocycles. The van der Waals surface area contributed by atoms with Gasteiger partial charge in [-0.3, -0.25) is 9.88 Å². The largest absolute Gasteiger partial charge is 0.367 e. The summed E-state index contributed by atoms with van der Waals surface area (Å²) in [6.45, 7) is 3.18. The summed E-state index contributed by atoms with van der Waals surface area (Å²) in [5.41, 5.74) is 3.76. The van der Waals surface area contributed by atoms with Gasteiger partial charge in [-0.05, 0) is 44.2 Å². The van der Waals surface area contributed by atoms with E-state index in [1.807, 2.05) is 12.3 Å². The number of likely N-dealkylation sites (tertiary alicyclic amines) is 1. The molecular formula is C18H23N5. The van der Waals surface area contributed by atoms with Gasteiger partial charge in [0.25, 0.3) is 0 Å². The maximum atomic E-state index is 4.49. The summed E-state index contributed by atoms with van der Waals surface area (Å²) >= 11 is 0. The van der Waals surface area contributed by atoms with Crippen molar-refractivity contribution in [3.05, 3.63) is 47.7 Å². The molecule has 0 radical (unpaired) electrons. The molecule has 5 nitrogen and oxygen atoms in total. The second kappa shape index (κ2) is 6.62. The fraction of sp³-hybridized carbons (Fsp3) is 0.500. The Morgan fingerprint density at radius 1 is 1.09 bits per heavy atom. The van der Waals surface area contributed by atoms with Crippen LogP contribution in [0.15, 0.2) is 30.7 Å². The highest BCUT2D eigenvalue weighted by molar-refractivity contribution is 5.48. The molecule has 4 rings (SSSR count). The Labute approximate surface area is 137 Å². The summed E-state index contributed by atoms with van der Waals surface area (Å²) in [5, 5.41) is 3.67. The van der Waals surface area contributed by atoms with Gasteiger partial charge in [0, 0.05) is 43.1 Å². The zero-order valence-electron chi connectivity index (χ0n) is 13.4. The molecule has 120 valence electrons. The molecule has 0 unspecified atom stereocenters. The first-order valence-corrected chi connectivity index (χ1v) is 8.60. The Hall–Kier alpha value is -2.01. The SMILES string of the molecule is c1ccc(CN2CCC(Nc3ncnc4c3CCC4)CC2)nc1. The van der Waals surface area contributed by atoms with Crippen molar-refractivity contribution in [2.75, 3.05) is 18.4 Å². The Kier molecular flexibility index (Phi) is 4.20. The quantitative estimate of drug-likeness (QED) is 0.940. The molecule has 0 aromatic carbocycles. The number of hydrogen-bond donors (Lipinski definition) is 1. The van der Waals surface area contributed by atoms with Crippen LogP contribution in [-0.4, -0.2) is 39.0 Å². The summed E-state index contributed by atoms with van der Waals surface area (Å²) in [7, 11) is 0. The van der Waals surface area contributed by atoms with Crippen LogP contribution in [0.3, 0.4) is 0 Å². The molecule has 23 heavy (non-hydrogen) atoms. The highest BCUT2D eigenvalue weighted by Gasteiger charge is 2.22. The van der Waals surface area contributed by atoms with E-state index in [4.69, 9.17) is 0 Å². The number of pyridine rings is 1. The van der Waals surface area contributed by atoms with Crippen LogP contribution in [0.4, 0.5) is 5.82 Å². The second-order valence-corrected chi connectivity index (χ2v) is 6.52. The minimum Gasteiger partial charge on any atom is -0.367 e. The summed E-state index contributed by atoms with van der Waals surface area (Å²) in [6.07, 6.45) is 9.34. The molecule has 2 aromatic rings. The van der Waals surface area contributed by atoms with Crippen molar-refractivity contribution in [1.82, 2.24) is 19.9 Å². The van der Waals surface area contributed by atoms with E-state index in [9.17, 15) is 0 Å². The summed E-state index contributed by atoms with van der Waals surface area (Å²) in [6, 6.07) is 6.66. The molecule has 1 aliphatic heterocycles. The van der Waals surface area contributed by atoms with Crippen molar-refractivity contribution < 1.29 is 0 Å². The lowest BCUT2D eigenvalue weighted by Crippen LogP contribution is -2.39. The molecule has 1 saturated heterocycles. The molecule has 0 bridgehead atoms. The monoisotopic (exact) mass is 309 g/mol. The molecule has 3 heterocycles. The Bertz CT molecular complexity index is 650. The maximum absolute atomic E-state index is 4.49. The summed E-state index contributed by atoms with van der Waals surface area (Å²) in [5.74, 6) is 1.08. The van der Waals surface area contributed by atoms with Gasteiger partial charge >= 0.3 is 0 Å². The number of anilines is 1. The topological polar surface area (TPSA) is 53.9 Å². The average Bonchev–Trinajstić information content (AvgIpc) is 3.07. The van der Waals surface area contributed by atoms with E-state index in [1.54, 1.807) is 6.33 Å². The molecule has 1 aliphatic carbocycles. The molecule has 0 spiro atoms. The number of nitrogens with zero attached hydrogens (tertiary/aromatic N) is 4. The van der Waals surface area contributed by atoms with Crippen LogP contribution < -0.4 is 5.32 Å². The Balaban J connectivity index is 1.33. The minimum absolute atomic E-state index is 0.523. The van der Waals surface area contributed by atoms with Gasteiger partial charge in [-0.1, -0.05) is 6.07 Å². The lowest BCUT2D eigenvalue weighted by atomic mass is 10.0. The number of fused-ring (bicyclic) bond motifs is 1. The van der Waals surface area contributed by atoms with Gasteiger partial charge < -0.3 is 5.32 Å². The molecule has 1 fully saturated rings. The second-order valence-electron chi connectivity index (χ2n) is 6.52. The highest BCUT2D eigenvalue weighted by atomic mass is 15.2. The first-order chi connectivity index (χ1) is 11.4. The van der Waals surface area contributed by atoms with Gasteiger partial charge in [0.05, 0.1) is 5.69 Å². The van der Waals surface area contributed by atoms with Crippen LogP contribution in [0.5, 0.6) is 0 Å². The summed E-state index contributed by atoms with van der Waals surface area (Å²) < 4.78 is 0. The predicted octanol–water partition coefficient (Wildman–Crippen LogP) is 2.44. The van der Waals surface area contributed by atoms with Crippen LogP contribution in [-0.2, 0) is 19.4 Å². The fourth-order valence-corrected chi connectivity index (χ4v) is 3.63. The minimum atomic E-state index is 0.523. The third-order valence-electron chi connectivity index (χ3n) is 4.92. The van der Waals surface area contributed by atoms with E-state index >= 15 is 0 Å². The Morgan fingerprint density at radius 2 is 2.00 bits per heavy atom. The van der Waals surface area contributed by atoms with E-state index < -0.39 is 0 Å². The Morgan fingerprint density at radius 3 is 2.83 bits per heavy atom. The third kappa shape index (κ3) is 3.34. The van der Waals surface area contributed by atoms with Crippen LogP contribution in [0.2, 0.25) is 0 Å². The average molecular weight is 309 g/mol.